The molecule has 1 rings (SSSR count). The van der Waals surface area contributed by atoms with Gasteiger partial charge < -0.3 is 10.2 Å². The van der Waals surface area contributed by atoms with Gasteiger partial charge in [-0.2, -0.15) is 0 Å². The maximum Gasteiger partial charge on any atom is 0.0449 e. The second-order valence-electron chi connectivity index (χ2n) is 5.26. The molecular formula is C16H28N2. The van der Waals surface area contributed by atoms with E-state index in [4.69, 9.17) is 0 Å². The maximum atomic E-state index is 3.63. The zero-order valence-electron chi connectivity index (χ0n) is 12.4. The van der Waals surface area contributed by atoms with Gasteiger partial charge in [-0.3, -0.25) is 0 Å². The molecule has 2 heteroatoms. The average molecular weight is 248 g/mol. The van der Waals surface area contributed by atoms with Crippen LogP contribution in [0.1, 0.15) is 43.9 Å². The van der Waals surface area contributed by atoms with Crippen LogP contribution in [-0.2, 0) is 6.42 Å². The zero-order chi connectivity index (χ0) is 13.4. The van der Waals surface area contributed by atoms with Gasteiger partial charge in [0.1, 0.15) is 0 Å². The first kappa shape index (κ1) is 15.2. The molecule has 1 atom stereocenters. The molecule has 0 saturated carbocycles. The highest BCUT2D eigenvalue weighted by Crippen LogP contribution is 2.15. The predicted molar refractivity (Wildman–Crippen MR) is 80.0 cm³/mol. The van der Waals surface area contributed by atoms with Crippen molar-refractivity contribution in [3.63, 3.8) is 0 Å². The van der Waals surface area contributed by atoms with Crippen molar-refractivity contribution in [2.75, 3.05) is 27.2 Å². The third kappa shape index (κ3) is 5.19. The van der Waals surface area contributed by atoms with Crippen LogP contribution >= 0.6 is 0 Å². The SMILES string of the molecule is CCCNC(CN(C)C)c1ccc(CCC)cc1. The topological polar surface area (TPSA) is 15.3 Å². The smallest absolute Gasteiger partial charge is 0.0449 e. The maximum absolute atomic E-state index is 3.63. The van der Waals surface area contributed by atoms with E-state index in [-0.39, 0.29) is 0 Å². The summed E-state index contributed by atoms with van der Waals surface area (Å²) >= 11 is 0. The second-order valence-corrected chi connectivity index (χ2v) is 5.26. The Hall–Kier alpha value is -0.860. The number of hydrogen-bond donors (Lipinski definition) is 1. The summed E-state index contributed by atoms with van der Waals surface area (Å²) in [6, 6.07) is 9.55. The summed E-state index contributed by atoms with van der Waals surface area (Å²) in [7, 11) is 4.26. The van der Waals surface area contributed by atoms with E-state index >= 15 is 0 Å². The van der Waals surface area contributed by atoms with E-state index < -0.39 is 0 Å². The third-order valence-corrected chi connectivity index (χ3v) is 3.11. The number of rotatable bonds is 8. The minimum atomic E-state index is 0.440. The summed E-state index contributed by atoms with van der Waals surface area (Å²) < 4.78 is 0. The van der Waals surface area contributed by atoms with Gasteiger partial charge in [-0.15, -0.1) is 0 Å². The number of nitrogens with zero attached hydrogens (tertiary/aromatic N) is 1. The molecular weight excluding hydrogens is 220 g/mol. The fourth-order valence-electron chi connectivity index (χ4n) is 2.18. The number of hydrogen-bond acceptors (Lipinski definition) is 2. The van der Waals surface area contributed by atoms with Crippen LogP contribution in [-0.4, -0.2) is 32.1 Å². The Bertz CT molecular complexity index is 316. The Balaban J connectivity index is 2.70. The van der Waals surface area contributed by atoms with Crippen LogP contribution in [0.15, 0.2) is 24.3 Å². The van der Waals surface area contributed by atoms with Crippen LogP contribution in [0.2, 0.25) is 0 Å². The van der Waals surface area contributed by atoms with Crippen LogP contribution in [0.4, 0.5) is 0 Å². The lowest BCUT2D eigenvalue weighted by atomic mass is 10.0. The third-order valence-electron chi connectivity index (χ3n) is 3.11. The molecule has 0 saturated heterocycles. The monoisotopic (exact) mass is 248 g/mol. The Morgan fingerprint density at radius 3 is 2.22 bits per heavy atom. The van der Waals surface area contributed by atoms with E-state index in [1.54, 1.807) is 0 Å². The fourth-order valence-corrected chi connectivity index (χ4v) is 2.18. The molecule has 0 aliphatic rings. The first-order chi connectivity index (χ1) is 8.67. The molecule has 102 valence electrons. The molecule has 1 N–H and O–H groups in total. The van der Waals surface area contributed by atoms with Crippen LogP contribution in [0.25, 0.3) is 0 Å². The largest absolute Gasteiger partial charge is 0.309 e. The van der Waals surface area contributed by atoms with Crippen LogP contribution in [0.5, 0.6) is 0 Å². The van der Waals surface area contributed by atoms with E-state index in [0.717, 1.165) is 13.1 Å². The molecule has 0 fully saturated rings. The van der Waals surface area contributed by atoms with Gasteiger partial charge in [0.2, 0.25) is 0 Å². The summed E-state index contributed by atoms with van der Waals surface area (Å²) in [5.41, 5.74) is 2.84. The number of benzene rings is 1. The minimum absolute atomic E-state index is 0.440. The van der Waals surface area contributed by atoms with Crippen molar-refractivity contribution in [3.8, 4) is 0 Å². The summed E-state index contributed by atoms with van der Waals surface area (Å²) in [4.78, 5) is 2.24. The fraction of sp³-hybridized carbons (Fsp3) is 0.625. The average Bonchev–Trinajstić information content (AvgIpc) is 2.35. The Morgan fingerprint density at radius 2 is 1.72 bits per heavy atom. The standard InChI is InChI=1S/C16H28N2/c1-5-7-14-8-10-15(11-9-14)16(13-18(3)4)17-12-6-2/h8-11,16-17H,5-7,12-13H2,1-4H3. The van der Waals surface area contributed by atoms with Gasteiger partial charge in [-0.1, -0.05) is 44.5 Å². The van der Waals surface area contributed by atoms with E-state index in [0.29, 0.717) is 6.04 Å². The van der Waals surface area contributed by atoms with Gasteiger partial charge in [-0.25, -0.2) is 0 Å². The minimum Gasteiger partial charge on any atom is -0.309 e. The molecule has 0 radical (unpaired) electrons. The summed E-state index contributed by atoms with van der Waals surface area (Å²) in [5.74, 6) is 0. The number of nitrogens with one attached hydrogen (secondary N) is 1. The van der Waals surface area contributed by atoms with Crippen LogP contribution < -0.4 is 5.32 Å². The zero-order valence-corrected chi connectivity index (χ0v) is 12.4. The van der Waals surface area contributed by atoms with Crippen molar-refractivity contribution in [1.29, 1.82) is 0 Å². The van der Waals surface area contributed by atoms with Crippen molar-refractivity contribution in [2.24, 2.45) is 0 Å². The number of likely N-dealkylation sites (N-methyl/N-ethyl adjacent to an activating group) is 1. The summed E-state index contributed by atoms with van der Waals surface area (Å²) in [6.07, 6.45) is 3.58. The highest BCUT2D eigenvalue weighted by Gasteiger charge is 2.11. The first-order valence-electron chi connectivity index (χ1n) is 7.14. The van der Waals surface area contributed by atoms with Gasteiger partial charge in [0.05, 0.1) is 0 Å². The first-order valence-corrected chi connectivity index (χ1v) is 7.14. The molecule has 0 spiro atoms. The van der Waals surface area contributed by atoms with Crippen LogP contribution in [0.3, 0.4) is 0 Å². The lowest BCUT2D eigenvalue weighted by Gasteiger charge is -2.23. The van der Waals surface area contributed by atoms with Gasteiger partial charge in [0.25, 0.3) is 0 Å². The lowest BCUT2D eigenvalue weighted by molar-refractivity contribution is 0.342. The van der Waals surface area contributed by atoms with Gasteiger partial charge >= 0.3 is 0 Å². The second kappa shape index (κ2) is 8.28. The van der Waals surface area contributed by atoms with Crippen molar-refractivity contribution in [3.05, 3.63) is 35.4 Å². The van der Waals surface area contributed by atoms with E-state index in [1.165, 1.54) is 30.4 Å². The van der Waals surface area contributed by atoms with Crippen molar-refractivity contribution < 1.29 is 0 Å². The molecule has 1 unspecified atom stereocenters. The molecule has 2 nitrogen and oxygen atoms in total. The van der Waals surface area contributed by atoms with E-state index in [2.05, 4.69) is 62.4 Å². The molecule has 0 amide bonds. The van der Waals surface area contributed by atoms with Gasteiger partial charge in [-0.05, 0) is 44.6 Å². The molecule has 0 aliphatic heterocycles. The summed E-state index contributed by atoms with van der Waals surface area (Å²) in [6.45, 7) is 6.57. The molecule has 0 aliphatic carbocycles. The molecule has 0 bridgehead atoms. The molecule has 1 aromatic carbocycles. The van der Waals surface area contributed by atoms with Crippen molar-refractivity contribution in [2.45, 2.75) is 39.2 Å². The quantitative estimate of drug-likeness (QED) is 0.760. The number of aryl methyl sites for hydroxylation is 1. The Morgan fingerprint density at radius 1 is 1.06 bits per heavy atom. The lowest BCUT2D eigenvalue weighted by Crippen LogP contribution is -2.31. The van der Waals surface area contributed by atoms with Gasteiger partial charge in [0, 0.05) is 12.6 Å². The van der Waals surface area contributed by atoms with Crippen LogP contribution in [0, 0.1) is 0 Å². The predicted octanol–water partition coefficient (Wildman–Crippen LogP) is 3.24. The van der Waals surface area contributed by atoms with E-state index in [1.807, 2.05) is 0 Å². The van der Waals surface area contributed by atoms with E-state index in [9.17, 15) is 0 Å². The summed E-state index contributed by atoms with van der Waals surface area (Å²) in [5, 5.41) is 3.63. The Kier molecular flexibility index (Phi) is 6.99. The van der Waals surface area contributed by atoms with Crippen molar-refractivity contribution in [1.82, 2.24) is 10.2 Å². The molecule has 1 aromatic rings. The van der Waals surface area contributed by atoms with Crippen molar-refractivity contribution >= 4 is 0 Å². The molecule has 0 heterocycles. The highest BCUT2D eigenvalue weighted by molar-refractivity contribution is 5.25. The molecule has 18 heavy (non-hydrogen) atoms. The highest BCUT2D eigenvalue weighted by atomic mass is 15.1. The normalized spacial score (nSPS) is 12.9. The Labute approximate surface area is 112 Å². The molecule has 0 aromatic heterocycles. The van der Waals surface area contributed by atoms with Gasteiger partial charge in [0.15, 0.2) is 0 Å².